The molecule has 1 amide bonds. The lowest BCUT2D eigenvalue weighted by Crippen LogP contribution is -2.39. The van der Waals surface area contributed by atoms with E-state index >= 15 is 0 Å². The van der Waals surface area contributed by atoms with Crippen LogP contribution < -0.4 is 0 Å². The predicted octanol–water partition coefficient (Wildman–Crippen LogP) is 3.16. The number of benzene rings is 1. The molecule has 6 heteroatoms. The summed E-state index contributed by atoms with van der Waals surface area (Å²) in [6, 6.07) is 6.83. The molecule has 1 N–H and O–H groups in total. The van der Waals surface area contributed by atoms with Gasteiger partial charge in [0.2, 0.25) is 0 Å². The highest BCUT2D eigenvalue weighted by Gasteiger charge is 2.30. The van der Waals surface area contributed by atoms with Crippen LogP contribution in [0.2, 0.25) is 0 Å². The SMILES string of the molecule is Cc1ccc(F)c2nc(C(=O)N3CCc4ncccc4[C@H]3C)[nH]c12. The van der Waals surface area contributed by atoms with Crippen LogP contribution >= 0.6 is 0 Å². The minimum Gasteiger partial charge on any atom is -0.334 e. The molecule has 1 aliphatic heterocycles. The number of fused-ring (bicyclic) bond motifs is 2. The molecule has 0 aliphatic carbocycles. The van der Waals surface area contributed by atoms with Crippen molar-refractivity contribution in [1.29, 1.82) is 0 Å². The van der Waals surface area contributed by atoms with Crippen LogP contribution in [0.15, 0.2) is 30.5 Å². The number of aromatic amines is 1. The van der Waals surface area contributed by atoms with Gasteiger partial charge in [0.05, 0.1) is 11.6 Å². The molecule has 1 atom stereocenters. The first-order chi connectivity index (χ1) is 11.6. The van der Waals surface area contributed by atoms with Crippen molar-refractivity contribution in [3.8, 4) is 0 Å². The van der Waals surface area contributed by atoms with E-state index in [1.54, 1.807) is 17.2 Å². The molecular weight excluding hydrogens is 307 g/mol. The monoisotopic (exact) mass is 324 g/mol. The maximum absolute atomic E-state index is 13.9. The van der Waals surface area contributed by atoms with Gasteiger partial charge in [0, 0.05) is 24.9 Å². The van der Waals surface area contributed by atoms with Gasteiger partial charge in [-0.2, -0.15) is 0 Å². The van der Waals surface area contributed by atoms with Gasteiger partial charge >= 0.3 is 0 Å². The molecule has 0 spiro atoms. The van der Waals surface area contributed by atoms with Crippen molar-refractivity contribution < 1.29 is 9.18 Å². The minimum absolute atomic E-state index is 0.0888. The van der Waals surface area contributed by atoms with E-state index in [4.69, 9.17) is 0 Å². The third kappa shape index (κ3) is 2.18. The normalized spacial score (nSPS) is 17.1. The summed E-state index contributed by atoms with van der Waals surface area (Å²) >= 11 is 0. The van der Waals surface area contributed by atoms with E-state index in [9.17, 15) is 9.18 Å². The van der Waals surface area contributed by atoms with Gasteiger partial charge in [-0.3, -0.25) is 9.78 Å². The van der Waals surface area contributed by atoms with Gasteiger partial charge in [-0.25, -0.2) is 9.37 Å². The third-order valence-corrected chi connectivity index (χ3v) is 4.70. The fraction of sp³-hybridized carbons (Fsp3) is 0.278. The third-order valence-electron chi connectivity index (χ3n) is 4.70. The van der Waals surface area contributed by atoms with Crippen LogP contribution in [-0.4, -0.2) is 32.3 Å². The molecule has 5 nitrogen and oxygen atoms in total. The average molecular weight is 324 g/mol. The van der Waals surface area contributed by atoms with E-state index in [-0.39, 0.29) is 23.3 Å². The lowest BCUT2D eigenvalue weighted by molar-refractivity contribution is 0.0665. The topological polar surface area (TPSA) is 61.9 Å². The summed E-state index contributed by atoms with van der Waals surface area (Å²) in [5.41, 5.74) is 3.73. The van der Waals surface area contributed by atoms with Crippen molar-refractivity contribution in [3.63, 3.8) is 0 Å². The number of amides is 1. The van der Waals surface area contributed by atoms with Crippen molar-refractivity contribution in [2.24, 2.45) is 0 Å². The highest BCUT2D eigenvalue weighted by molar-refractivity contribution is 5.95. The average Bonchev–Trinajstić information content (AvgIpc) is 3.05. The Kier molecular flexibility index (Phi) is 3.33. The molecule has 1 aliphatic rings. The van der Waals surface area contributed by atoms with E-state index in [0.717, 1.165) is 16.8 Å². The summed E-state index contributed by atoms with van der Waals surface area (Å²) in [6.07, 6.45) is 2.48. The number of aromatic nitrogens is 3. The smallest absolute Gasteiger partial charge is 0.290 e. The number of aryl methyl sites for hydroxylation is 1. The molecule has 1 aromatic carbocycles. The summed E-state index contributed by atoms with van der Waals surface area (Å²) in [5, 5.41) is 0. The number of nitrogens with zero attached hydrogens (tertiary/aromatic N) is 3. The van der Waals surface area contributed by atoms with Crippen molar-refractivity contribution in [1.82, 2.24) is 19.9 Å². The van der Waals surface area contributed by atoms with Crippen molar-refractivity contribution in [2.75, 3.05) is 6.54 Å². The Bertz CT molecular complexity index is 910. The van der Waals surface area contributed by atoms with Crippen LogP contribution in [0.1, 0.15) is 40.4 Å². The number of rotatable bonds is 1. The lowest BCUT2D eigenvalue weighted by atomic mass is 9.98. The Morgan fingerprint density at radius 3 is 3.00 bits per heavy atom. The zero-order chi connectivity index (χ0) is 16.8. The number of halogens is 1. The zero-order valence-corrected chi connectivity index (χ0v) is 13.5. The van der Waals surface area contributed by atoms with Gasteiger partial charge in [0.25, 0.3) is 5.91 Å². The van der Waals surface area contributed by atoms with Gasteiger partial charge in [0.15, 0.2) is 11.6 Å². The Hall–Kier alpha value is -2.76. The summed E-state index contributed by atoms with van der Waals surface area (Å²) in [5.74, 6) is -0.462. The molecule has 0 bridgehead atoms. The van der Waals surface area contributed by atoms with Crippen LogP contribution in [0.3, 0.4) is 0 Å². The fourth-order valence-electron chi connectivity index (χ4n) is 3.33. The van der Waals surface area contributed by atoms with E-state index in [1.165, 1.54) is 6.07 Å². The molecule has 0 radical (unpaired) electrons. The second-order valence-electron chi connectivity index (χ2n) is 6.14. The molecule has 0 saturated heterocycles. The van der Waals surface area contributed by atoms with Crippen LogP contribution in [-0.2, 0) is 6.42 Å². The molecular formula is C18H17FN4O. The quantitative estimate of drug-likeness (QED) is 0.748. The largest absolute Gasteiger partial charge is 0.334 e. The summed E-state index contributed by atoms with van der Waals surface area (Å²) < 4.78 is 13.9. The second-order valence-corrected chi connectivity index (χ2v) is 6.14. The van der Waals surface area contributed by atoms with Gasteiger partial charge in [-0.1, -0.05) is 12.1 Å². The number of imidazole rings is 1. The summed E-state index contributed by atoms with van der Waals surface area (Å²) in [6.45, 7) is 4.41. The van der Waals surface area contributed by atoms with Gasteiger partial charge in [0.1, 0.15) is 5.52 Å². The molecule has 3 aromatic rings. The van der Waals surface area contributed by atoms with Crippen LogP contribution in [0, 0.1) is 12.7 Å². The summed E-state index contributed by atoms with van der Waals surface area (Å²) in [4.78, 5) is 26.2. The fourth-order valence-corrected chi connectivity index (χ4v) is 3.33. The first-order valence-electron chi connectivity index (χ1n) is 7.96. The Balaban J connectivity index is 1.72. The Morgan fingerprint density at radius 1 is 1.38 bits per heavy atom. The molecule has 4 rings (SSSR count). The van der Waals surface area contributed by atoms with E-state index in [0.29, 0.717) is 18.5 Å². The van der Waals surface area contributed by atoms with Crippen molar-refractivity contribution in [2.45, 2.75) is 26.3 Å². The molecule has 3 heterocycles. The number of hydrogen-bond donors (Lipinski definition) is 1. The minimum atomic E-state index is -0.424. The molecule has 0 fully saturated rings. The first-order valence-corrected chi connectivity index (χ1v) is 7.96. The molecule has 24 heavy (non-hydrogen) atoms. The molecule has 122 valence electrons. The standard InChI is InChI=1S/C18H17FN4O/c1-10-5-6-13(19)16-15(10)21-17(22-16)18(24)23-9-7-14-12(11(23)2)4-3-8-20-14/h3-6,8,11H,7,9H2,1-2H3,(H,21,22)/t11-/m1/s1. The number of carbonyl (C=O) groups is 1. The van der Waals surface area contributed by atoms with Gasteiger partial charge in [-0.15, -0.1) is 0 Å². The number of nitrogens with one attached hydrogen (secondary N) is 1. The molecule has 0 unspecified atom stereocenters. The lowest BCUT2D eigenvalue weighted by Gasteiger charge is -2.34. The Morgan fingerprint density at radius 2 is 2.21 bits per heavy atom. The Labute approximate surface area is 138 Å². The van der Waals surface area contributed by atoms with Crippen LogP contribution in [0.5, 0.6) is 0 Å². The van der Waals surface area contributed by atoms with E-state index in [1.807, 2.05) is 26.0 Å². The van der Waals surface area contributed by atoms with Crippen molar-refractivity contribution in [3.05, 3.63) is 58.9 Å². The maximum atomic E-state index is 13.9. The number of H-pyrrole nitrogens is 1. The second kappa shape index (κ2) is 5.40. The van der Waals surface area contributed by atoms with Crippen LogP contribution in [0.25, 0.3) is 11.0 Å². The molecule has 2 aromatic heterocycles. The maximum Gasteiger partial charge on any atom is 0.290 e. The number of hydrogen-bond acceptors (Lipinski definition) is 3. The number of carbonyl (C=O) groups excluding carboxylic acids is 1. The van der Waals surface area contributed by atoms with Crippen LogP contribution in [0.4, 0.5) is 4.39 Å². The van der Waals surface area contributed by atoms with E-state index < -0.39 is 5.82 Å². The van der Waals surface area contributed by atoms with Crippen molar-refractivity contribution >= 4 is 16.9 Å². The first kappa shape index (κ1) is 14.8. The van der Waals surface area contributed by atoms with E-state index in [2.05, 4.69) is 15.0 Å². The highest BCUT2D eigenvalue weighted by Crippen LogP contribution is 2.29. The summed E-state index contributed by atoms with van der Waals surface area (Å²) in [7, 11) is 0. The zero-order valence-electron chi connectivity index (χ0n) is 13.5. The highest BCUT2D eigenvalue weighted by atomic mass is 19.1. The molecule has 0 saturated carbocycles. The van der Waals surface area contributed by atoms with Gasteiger partial charge in [-0.05, 0) is 37.1 Å². The predicted molar refractivity (Wildman–Crippen MR) is 88.2 cm³/mol. The van der Waals surface area contributed by atoms with Gasteiger partial charge < -0.3 is 9.88 Å². The number of pyridine rings is 1.